The number of halogens is 1. The standard InChI is InChI=1S/C32H46ClN3O4/c1-11-19(3)27(35-31(39)40-32(8,9)10)30(38)36(23(7)12-2)28(24-17-16-20(4)22(6)18-24)29(37)34-26-21(5)14-13-15-25(26)33/h13-19,23,27-28H,11-12H2,1-10H3,(H,34,37)(H,35,39). The molecule has 4 unspecified atom stereocenters. The number of benzene rings is 2. The highest BCUT2D eigenvalue weighted by molar-refractivity contribution is 6.34. The van der Waals surface area contributed by atoms with Crippen LogP contribution in [-0.2, 0) is 14.3 Å². The lowest BCUT2D eigenvalue weighted by atomic mass is 9.93. The van der Waals surface area contributed by atoms with E-state index in [1.807, 2.05) is 78.8 Å². The summed E-state index contributed by atoms with van der Waals surface area (Å²) in [6.07, 6.45) is 0.569. The van der Waals surface area contributed by atoms with Gasteiger partial charge in [-0.1, -0.05) is 69.1 Å². The van der Waals surface area contributed by atoms with Gasteiger partial charge in [-0.05, 0) is 89.1 Å². The molecule has 40 heavy (non-hydrogen) atoms. The molecule has 0 aliphatic heterocycles. The first-order valence-corrected chi connectivity index (χ1v) is 14.4. The Balaban J connectivity index is 2.67. The number of ether oxygens (including phenoxy) is 1. The molecule has 0 fully saturated rings. The molecule has 2 N–H and O–H groups in total. The fourth-order valence-electron chi connectivity index (χ4n) is 4.43. The Hall–Kier alpha value is -3.06. The molecule has 0 bridgehead atoms. The Bertz CT molecular complexity index is 1190. The molecule has 0 aromatic heterocycles. The van der Waals surface area contributed by atoms with Crippen molar-refractivity contribution in [2.75, 3.05) is 5.32 Å². The van der Waals surface area contributed by atoms with Crippen LogP contribution in [0.25, 0.3) is 0 Å². The van der Waals surface area contributed by atoms with Gasteiger partial charge < -0.3 is 20.3 Å². The number of carbonyl (C=O) groups is 3. The van der Waals surface area contributed by atoms with Crippen LogP contribution < -0.4 is 10.6 Å². The van der Waals surface area contributed by atoms with Gasteiger partial charge >= 0.3 is 6.09 Å². The summed E-state index contributed by atoms with van der Waals surface area (Å²) < 4.78 is 5.49. The molecule has 3 amide bonds. The normalized spacial score (nSPS) is 14.5. The number of amides is 3. The molecule has 7 nitrogen and oxygen atoms in total. The lowest BCUT2D eigenvalue weighted by molar-refractivity contribution is -0.144. The Kier molecular flexibility index (Phi) is 11.6. The van der Waals surface area contributed by atoms with Crippen LogP contribution in [0.4, 0.5) is 10.5 Å². The topological polar surface area (TPSA) is 87.7 Å². The van der Waals surface area contributed by atoms with E-state index in [9.17, 15) is 14.4 Å². The third-order valence-corrected chi connectivity index (χ3v) is 7.63. The molecular weight excluding hydrogens is 526 g/mol. The van der Waals surface area contributed by atoms with E-state index < -0.39 is 23.8 Å². The zero-order valence-corrected chi connectivity index (χ0v) is 26.4. The molecule has 0 saturated carbocycles. The molecule has 0 heterocycles. The quantitative estimate of drug-likeness (QED) is 0.309. The number of anilines is 1. The van der Waals surface area contributed by atoms with Crippen LogP contribution in [0.2, 0.25) is 5.02 Å². The predicted octanol–water partition coefficient (Wildman–Crippen LogP) is 7.51. The first-order valence-electron chi connectivity index (χ1n) is 14.1. The smallest absolute Gasteiger partial charge is 0.408 e. The third-order valence-electron chi connectivity index (χ3n) is 7.31. The van der Waals surface area contributed by atoms with Crippen LogP contribution in [0.15, 0.2) is 36.4 Å². The second-order valence-electron chi connectivity index (χ2n) is 11.7. The van der Waals surface area contributed by atoms with Crippen LogP contribution in [0.1, 0.15) is 89.6 Å². The van der Waals surface area contributed by atoms with Crippen molar-refractivity contribution in [3.05, 3.63) is 63.7 Å². The van der Waals surface area contributed by atoms with Crippen LogP contribution in [0.5, 0.6) is 0 Å². The highest BCUT2D eigenvalue weighted by atomic mass is 35.5. The average molecular weight is 572 g/mol. The van der Waals surface area contributed by atoms with Crippen LogP contribution in [0, 0.1) is 26.7 Å². The lowest BCUT2D eigenvalue weighted by Crippen LogP contribution is -2.56. The van der Waals surface area contributed by atoms with Crippen molar-refractivity contribution >= 4 is 35.2 Å². The Morgan fingerprint density at radius 1 is 0.950 bits per heavy atom. The minimum Gasteiger partial charge on any atom is -0.444 e. The van der Waals surface area contributed by atoms with Crippen molar-refractivity contribution in [3.8, 4) is 0 Å². The van der Waals surface area contributed by atoms with Gasteiger partial charge in [-0.2, -0.15) is 0 Å². The zero-order chi connectivity index (χ0) is 30.4. The molecule has 0 aliphatic rings. The summed E-state index contributed by atoms with van der Waals surface area (Å²) in [6, 6.07) is 9.02. The zero-order valence-electron chi connectivity index (χ0n) is 25.6. The Labute approximate surface area is 245 Å². The number of alkyl carbamates (subject to hydrolysis) is 1. The maximum Gasteiger partial charge on any atom is 0.408 e. The summed E-state index contributed by atoms with van der Waals surface area (Å²) in [5.74, 6) is -0.932. The molecule has 220 valence electrons. The van der Waals surface area contributed by atoms with Crippen molar-refractivity contribution < 1.29 is 19.1 Å². The summed E-state index contributed by atoms with van der Waals surface area (Å²) in [5.41, 5.74) is 3.36. The number of rotatable bonds is 10. The number of hydrogen-bond acceptors (Lipinski definition) is 4. The van der Waals surface area contributed by atoms with Gasteiger partial charge in [-0.3, -0.25) is 9.59 Å². The van der Waals surface area contributed by atoms with Gasteiger partial charge in [-0.15, -0.1) is 0 Å². The van der Waals surface area contributed by atoms with Gasteiger partial charge in [0, 0.05) is 6.04 Å². The van der Waals surface area contributed by atoms with E-state index in [-0.39, 0.29) is 23.8 Å². The fraction of sp³-hybridized carbons (Fsp3) is 0.531. The second-order valence-corrected chi connectivity index (χ2v) is 12.1. The maximum atomic E-state index is 14.5. The van der Waals surface area contributed by atoms with Gasteiger partial charge in [0.25, 0.3) is 5.91 Å². The highest BCUT2D eigenvalue weighted by Crippen LogP contribution is 2.32. The number of nitrogens with one attached hydrogen (secondary N) is 2. The number of nitrogens with zero attached hydrogens (tertiary/aromatic N) is 1. The minimum absolute atomic E-state index is 0.208. The lowest BCUT2D eigenvalue weighted by Gasteiger charge is -2.39. The second kappa shape index (κ2) is 14.0. The predicted molar refractivity (Wildman–Crippen MR) is 163 cm³/mol. The third kappa shape index (κ3) is 8.47. The van der Waals surface area contributed by atoms with Gasteiger partial charge in [0.05, 0.1) is 10.7 Å². The van der Waals surface area contributed by atoms with Crippen molar-refractivity contribution in [2.45, 2.75) is 106 Å². The Morgan fingerprint density at radius 2 is 1.60 bits per heavy atom. The van der Waals surface area contributed by atoms with Crippen molar-refractivity contribution in [2.24, 2.45) is 5.92 Å². The molecule has 0 spiro atoms. The fourth-order valence-corrected chi connectivity index (χ4v) is 4.70. The van der Waals surface area contributed by atoms with Gasteiger partial charge in [0.15, 0.2) is 0 Å². The number of para-hydroxylation sites is 1. The molecule has 0 saturated heterocycles. The van der Waals surface area contributed by atoms with E-state index in [0.717, 1.165) is 16.7 Å². The highest BCUT2D eigenvalue weighted by Gasteiger charge is 2.40. The van der Waals surface area contributed by atoms with E-state index >= 15 is 0 Å². The van der Waals surface area contributed by atoms with Gasteiger partial charge in [0.2, 0.25) is 5.91 Å². The van der Waals surface area contributed by atoms with E-state index in [2.05, 4.69) is 10.6 Å². The summed E-state index contributed by atoms with van der Waals surface area (Å²) in [5, 5.41) is 6.23. The molecule has 2 aromatic carbocycles. The van der Waals surface area contributed by atoms with E-state index in [1.165, 1.54) is 0 Å². The summed E-state index contributed by atoms with van der Waals surface area (Å²) in [6.45, 7) is 18.9. The summed E-state index contributed by atoms with van der Waals surface area (Å²) >= 11 is 6.47. The minimum atomic E-state index is -0.968. The monoisotopic (exact) mass is 571 g/mol. The largest absolute Gasteiger partial charge is 0.444 e. The molecule has 4 atom stereocenters. The van der Waals surface area contributed by atoms with E-state index in [1.54, 1.807) is 31.7 Å². The Morgan fingerprint density at radius 3 is 2.12 bits per heavy atom. The summed E-state index contributed by atoms with van der Waals surface area (Å²) in [4.78, 5) is 43.1. The molecular formula is C32H46ClN3O4. The van der Waals surface area contributed by atoms with Crippen LogP contribution in [0.3, 0.4) is 0 Å². The molecule has 2 aromatic rings. The SMILES string of the molecule is CCC(C)C(NC(=O)OC(C)(C)C)C(=O)N(C(C)CC)C(C(=O)Nc1c(C)cccc1Cl)c1ccc(C)c(C)c1. The van der Waals surface area contributed by atoms with Gasteiger partial charge in [-0.25, -0.2) is 4.79 Å². The van der Waals surface area contributed by atoms with E-state index in [4.69, 9.17) is 16.3 Å². The number of hydrogen-bond donors (Lipinski definition) is 2. The van der Waals surface area contributed by atoms with Crippen LogP contribution in [-0.4, -0.2) is 40.5 Å². The summed E-state index contributed by atoms with van der Waals surface area (Å²) in [7, 11) is 0. The first kappa shape index (κ1) is 33.1. The van der Waals surface area contributed by atoms with Crippen LogP contribution >= 0.6 is 11.6 Å². The molecule has 0 aliphatic carbocycles. The van der Waals surface area contributed by atoms with Gasteiger partial charge in [0.1, 0.15) is 17.7 Å². The molecule has 0 radical (unpaired) electrons. The van der Waals surface area contributed by atoms with E-state index in [0.29, 0.717) is 29.1 Å². The number of carbonyl (C=O) groups excluding carboxylic acids is 3. The molecule has 2 rings (SSSR count). The van der Waals surface area contributed by atoms with Crippen molar-refractivity contribution in [1.29, 1.82) is 0 Å². The first-order chi connectivity index (χ1) is 18.6. The maximum absolute atomic E-state index is 14.5. The average Bonchev–Trinajstić information content (AvgIpc) is 2.87. The van der Waals surface area contributed by atoms with Crippen molar-refractivity contribution in [1.82, 2.24) is 10.2 Å². The molecule has 8 heteroatoms. The number of aryl methyl sites for hydroxylation is 3. The van der Waals surface area contributed by atoms with Crippen molar-refractivity contribution in [3.63, 3.8) is 0 Å².